The molecule has 0 bridgehead atoms. The summed E-state index contributed by atoms with van der Waals surface area (Å²) in [4.78, 5) is 0. The van der Waals surface area contributed by atoms with E-state index >= 15 is 0 Å². The number of halogens is 1. The normalized spacial score (nSPS) is 10.5. The third-order valence-corrected chi connectivity index (χ3v) is 3.11. The molecule has 0 amide bonds. The Morgan fingerprint density at radius 1 is 0.850 bits per heavy atom. The van der Waals surface area contributed by atoms with Crippen molar-refractivity contribution in [3.05, 3.63) is 53.6 Å². The van der Waals surface area contributed by atoms with E-state index in [1.54, 1.807) is 19.2 Å². The maximum atomic E-state index is 5.85. The molecule has 20 heavy (non-hydrogen) atoms. The van der Waals surface area contributed by atoms with Crippen LogP contribution in [-0.2, 0) is 0 Å². The minimum atomic E-state index is 0.465. The molecular formula is C15H11ClN2O2. The monoisotopic (exact) mass is 286 g/mol. The van der Waals surface area contributed by atoms with E-state index < -0.39 is 0 Å². The molecule has 0 saturated carbocycles. The Morgan fingerprint density at radius 3 is 1.85 bits per heavy atom. The third-order valence-electron chi connectivity index (χ3n) is 2.85. The van der Waals surface area contributed by atoms with E-state index in [4.69, 9.17) is 20.8 Å². The van der Waals surface area contributed by atoms with Gasteiger partial charge in [0.25, 0.3) is 0 Å². The summed E-state index contributed by atoms with van der Waals surface area (Å²) in [6.45, 7) is 0. The smallest absolute Gasteiger partial charge is 0.248 e. The Morgan fingerprint density at radius 2 is 1.35 bits per heavy atom. The van der Waals surface area contributed by atoms with Crippen LogP contribution in [0.2, 0.25) is 5.02 Å². The summed E-state index contributed by atoms with van der Waals surface area (Å²) >= 11 is 5.85. The molecule has 0 aliphatic rings. The van der Waals surface area contributed by atoms with Crippen molar-refractivity contribution in [2.45, 2.75) is 0 Å². The van der Waals surface area contributed by atoms with Crippen LogP contribution in [0.5, 0.6) is 5.75 Å². The number of benzene rings is 2. The van der Waals surface area contributed by atoms with Gasteiger partial charge in [0.2, 0.25) is 11.8 Å². The first-order valence-electron chi connectivity index (χ1n) is 6.00. The topological polar surface area (TPSA) is 48.2 Å². The lowest BCUT2D eigenvalue weighted by atomic mass is 10.2. The minimum Gasteiger partial charge on any atom is -0.497 e. The minimum absolute atomic E-state index is 0.465. The second kappa shape index (κ2) is 5.35. The first kappa shape index (κ1) is 12.7. The Labute approximate surface area is 121 Å². The first-order valence-corrected chi connectivity index (χ1v) is 6.38. The summed E-state index contributed by atoms with van der Waals surface area (Å²) < 4.78 is 10.8. The Bertz CT molecular complexity index is 705. The summed E-state index contributed by atoms with van der Waals surface area (Å²) in [5, 5.41) is 8.76. The highest BCUT2D eigenvalue weighted by molar-refractivity contribution is 6.30. The van der Waals surface area contributed by atoms with Crippen molar-refractivity contribution in [3.63, 3.8) is 0 Å². The van der Waals surface area contributed by atoms with Crippen molar-refractivity contribution in [1.82, 2.24) is 10.2 Å². The third kappa shape index (κ3) is 2.51. The molecular weight excluding hydrogens is 276 g/mol. The van der Waals surface area contributed by atoms with Crippen molar-refractivity contribution in [2.24, 2.45) is 0 Å². The molecule has 0 spiro atoms. The van der Waals surface area contributed by atoms with Gasteiger partial charge in [-0.2, -0.15) is 0 Å². The van der Waals surface area contributed by atoms with Gasteiger partial charge in [-0.05, 0) is 48.5 Å². The van der Waals surface area contributed by atoms with Gasteiger partial charge in [0.1, 0.15) is 5.75 Å². The molecule has 3 rings (SSSR count). The molecule has 0 saturated heterocycles. The van der Waals surface area contributed by atoms with Gasteiger partial charge in [-0.3, -0.25) is 0 Å². The standard InChI is InChI=1S/C15H11ClN2O2/c1-19-13-8-4-11(5-9-13)15-18-17-14(20-15)10-2-6-12(16)7-3-10/h2-9H,1H3. The lowest BCUT2D eigenvalue weighted by molar-refractivity contribution is 0.415. The van der Waals surface area contributed by atoms with E-state index in [2.05, 4.69) is 10.2 Å². The largest absolute Gasteiger partial charge is 0.497 e. The maximum absolute atomic E-state index is 5.85. The average molecular weight is 287 g/mol. The van der Waals surface area contributed by atoms with Crippen LogP contribution in [0.25, 0.3) is 22.9 Å². The second-order valence-electron chi connectivity index (χ2n) is 4.15. The van der Waals surface area contributed by atoms with Crippen LogP contribution in [0.1, 0.15) is 0 Å². The van der Waals surface area contributed by atoms with E-state index in [1.807, 2.05) is 36.4 Å². The lowest BCUT2D eigenvalue weighted by Crippen LogP contribution is -1.82. The molecule has 1 heterocycles. The van der Waals surface area contributed by atoms with Gasteiger partial charge in [0.05, 0.1) is 7.11 Å². The zero-order chi connectivity index (χ0) is 13.9. The van der Waals surface area contributed by atoms with Gasteiger partial charge in [0.15, 0.2) is 0 Å². The summed E-state index contributed by atoms with van der Waals surface area (Å²) in [5.41, 5.74) is 1.68. The zero-order valence-corrected chi connectivity index (χ0v) is 11.5. The summed E-state index contributed by atoms with van der Waals surface area (Å²) in [5.74, 6) is 1.72. The fourth-order valence-electron chi connectivity index (χ4n) is 1.78. The van der Waals surface area contributed by atoms with Crippen molar-refractivity contribution in [3.8, 4) is 28.7 Å². The van der Waals surface area contributed by atoms with Gasteiger partial charge >= 0.3 is 0 Å². The van der Waals surface area contributed by atoms with Gasteiger partial charge < -0.3 is 9.15 Å². The van der Waals surface area contributed by atoms with E-state index in [0.717, 1.165) is 16.9 Å². The maximum Gasteiger partial charge on any atom is 0.248 e. The van der Waals surface area contributed by atoms with Gasteiger partial charge in [-0.25, -0.2) is 0 Å². The number of hydrogen-bond donors (Lipinski definition) is 0. The molecule has 4 nitrogen and oxygen atoms in total. The van der Waals surface area contributed by atoms with E-state index in [1.165, 1.54) is 0 Å². The fourth-order valence-corrected chi connectivity index (χ4v) is 1.91. The number of rotatable bonds is 3. The van der Waals surface area contributed by atoms with Gasteiger partial charge in [-0.15, -0.1) is 10.2 Å². The predicted octanol–water partition coefficient (Wildman–Crippen LogP) is 4.07. The Balaban J connectivity index is 1.91. The molecule has 0 atom stereocenters. The molecule has 1 aromatic heterocycles. The van der Waals surface area contributed by atoms with Crippen molar-refractivity contribution < 1.29 is 9.15 Å². The molecule has 0 radical (unpaired) electrons. The summed E-state index contributed by atoms with van der Waals surface area (Å²) in [6.07, 6.45) is 0. The van der Waals surface area contributed by atoms with Crippen molar-refractivity contribution in [1.29, 1.82) is 0 Å². The highest BCUT2D eigenvalue weighted by atomic mass is 35.5. The summed E-state index contributed by atoms with van der Waals surface area (Å²) in [6, 6.07) is 14.7. The van der Waals surface area contributed by atoms with E-state index in [9.17, 15) is 0 Å². The molecule has 100 valence electrons. The molecule has 5 heteroatoms. The first-order chi connectivity index (χ1) is 9.76. The van der Waals surface area contributed by atoms with Crippen LogP contribution in [0.3, 0.4) is 0 Å². The summed E-state index contributed by atoms with van der Waals surface area (Å²) in [7, 11) is 1.63. The second-order valence-corrected chi connectivity index (χ2v) is 4.58. The van der Waals surface area contributed by atoms with E-state index in [0.29, 0.717) is 16.8 Å². The highest BCUT2D eigenvalue weighted by Gasteiger charge is 2.10. The molecule has 2 aromatic carbocycles. The lowest BCUT2D eigenvalue weighted by Gasteiger charge is -1.99. The number of hydrogen-bond acceptors (Lipinski definition) is 4. The van der Waals surface area contributed by atoms with E-state index in [-0.39, 0.29) is 0 Å². The van der Waals surface area contributed by atoms with Gasteiger partial charge in [0, 0.05) is 16.1 Å². The van der Waals surface area contributed by atoms with Crippen molar-refractivity contribution >= 4 is 11.6 Å². The number of aromatic nitrogens is 2. The molecule has 3 aromatic rings. The number of methoxy groups -OCH3 is 1. The SMILES string of the molecule is COc1ccc(-c2nnc(-c3ccc(Cl)cc3)o2)cc1. The van der Waals surface area contributed by atoms with Crippen LogP contribution in [0, 0.1) is 0 Å². The van der Waals surface area contributed by atoms with Crippen LogP contribution >= 0.6 is 11.6 Å². The zero-order valence-electron chi connectivity index (χ0n) is 10.7. The molecule has 0 aliphatic heterocycles. The highest BCUT2D eigenvalue weighted by Crippen LogP contribution is 2.26. The Kier molecular flexibility index (Phi) is 3.39. The number of nitrogens with zero attached hydrogens (tertiary/aromatic N) is 2. The predicted molar refractivity (Wildman–Crippen MR) is 76.7 cm³/mol. The quantitative estimate of drug-likeness (QED) is 0.728. The van der Waals surface area contributed by atoms with Crippen molar-refractivity contribution in [2.75, 3.05) is 7.11 Å². The number of ether oxygens (including phenoxy) is 1. The molecule has 0 N–H and O–H groups in total. The van der Waals surface area contributed by atoms with Crippen LogP contribution in [0.15, 0.2) is 52.9 Å². The van der Waals surface area contributed by atoms with Gasteiger partial charge in [-0.1, -0.05) is 11.6 Å². The van der Waals surface area contributed by atoms with Crippen LogP contribution < -0.4 is 4.74 Å². The van der Waals surface area contributed by atoms with Crippen LogP contribution in [-0.4, -0.2) is 17.3 Å². The fraction of sp³-hybridized carbons (Fsp3) is 0.0667. The molecule has 0 aliphatic carbocycles. The average Bonchev–Trinajstić information content (AvgIpc) is 2.98. The molecule has 0 fully saturated rings. The molecule has 0 unspecified atom stereocenters. The van der Waals surface area contributed by atoms with Crippen LogP contribution in [0.4, 0.5) is 0 Å². The Hall–Kier alpha value is -2.33.